The summed E-state index contributed by atoms with van der Waals surface area (Å²) in [5.41, 5.74) is -6.15. The highest BCUT2D eigenvalue weighted by Crippen LogP contribution is 2.29. The van der Waals surface area contributed by atoms with Crippen LogP contribution in [0.25, 0.3) is 0 Å². The zero-order chi connectivity index (χ0) is 14.0. The summed E-state index contributed by atoms with van der Waals surface area (Å²) in [5.74, 6) is -1.94. The summed E-state index contributed by atoms with van der Waals surface area (Å²) in [6.45, 7) is 1.42. The quantitative estimate of drug-likeness (QED) is 0.476. The lowest BCUT2D eigenvalue weighted by Gasteiger charge is -2.08. The Morgan fingerprint density at radius 3 is 2.50 bits per heavy atom. The summed E-state index contributed by atoms with van der Waals surface area (Å²) in [5, 5.41) is 0. The Morgan fingerprint density at radius 1 is 1.39 bits per heavy atom. The number of alkyl halides is 3. The maximum atomic E-state index is 12.0. The molecule has 0 N–H and O–H groups in total. The predicted octanol–water partition coefficient (Wildman–Crippen LogP) is 1.68. The monoisotopic (exact) mass is 288 g/mol. The number of ether oxygens (including phenoxy) is 1. The first-order valence-electron chi connectivity index (χ1n) is 4.43. The van der Waals surface area contributed by atoms with E-state index in [-0.39, 0.29) is 6.61 Å². The van der Waals surface area contributed by atoms with Crippen LogP contribution in [0.3, 0.4) is 0 Å². The number of rotatable bonds is 4. The second-order valence-corrected chi connectivity index (χ2v) is 4.39. The van der Waals surface area contributed by atoms with Crippen molar-refractivity contribution in [3.05, 3.63) is 18.1 Å². The van der Waals surface area contributed by atoms with Crippen molar-refractivity contribution in [2.45, 2.75) is 12.4 Å². The van der Waals surface area contributed by atoms with Gasteiger partial charge in [0.25, 0.3) is 0 Å². The van der Waals surface area contributed by atoms with Gasteiger partial charge in [0.2, 0.25) is 0 Å². The smallest absolute Gasteiger partial charge is 0.468 e. The second-order valence-electron chi connectivity index (χ2n) is 2.85. The average molecular weight is 288 g/mol. The summed E-state index contributed by atoms with van der Waals surface area (Å²) in [6.07, 6.45) is 1.27. The van der Waals surface area contributed by atoms with Gasteiger partial charge in [-0.2, -0.15) is 21.6 Å². The first-order valence-corrected chi connectivity index (χ1v) is 5.84. The Balaban J connectivity index is 3.01. The van der Waals surface area contributed by atoms with Crippen LogP contribution < -0.4 is 4.18 Å². The van der Waals surface area contributed by atoms with E-state index >= 15 is 0 Å². The highest BCUT2D eigenvalue weighted by atomic mass is 32.2. The molecule has 0 atom stereocenters. The van der Waals surface area contributed by atoms with Gasteiger partial charge in [-0.15, -0.1) is 0 Å². The molecule has 1 aromatic rings. The van der Waals surface area contributed by atoms with Crippen molar-refractivity contribution in [3.63, 3.8) is 0 Å². The Labute approximate surface area is 99.4 Å². The number of carbonyl (C=O) groups is 1. The number of carbonyl (C=O) groups excluding carboxylic acids is 1. The minimum absolute atomic E-state index is 0.0462. The molecule has 0 aliphatic heterocycles. The standard InChI is InChI=1S/C8H7F3O6S/c1-2-16-7(12)5-3-15-4-6(5)17-18(13,14)8(9,10)11/h3-4H,2H2,1H3. The molecule has 0 unspecified atom stereocenters. The van der Waals surface area contributed by atoms with Crippen LogP contribution in [0.5, 0.6) is 5.75 Å². The van der Waals surface area contributed by atoms with E-state index in [4.69, 9.17) is 0 Å². The Bertz CT molecular complexity index is 529. The van der Waals surface area contributed by atoms with Gasteiger partial charge in [0, 0.05) is 0 Å². The molecule has 1 aromatic heterocycles. The van der Waals surface area contributed by atoms with E-state index in [1.807, 2.05) is 0 Å². The van der Waals surface area contributed by atoms with Crippen molar-refractivity contribution in [2.24, 2.45) is 0 Å². The van der Waals surface area contributed by atoms with Crippen molar-refractivity contribution >= 4 is 16.1 Å². The van der Waals surface area contributed by atoms with Gasteiger partial charge in [-0.05, 0) is 6.92 Å². The zero-order valence-electron chi connectivity index (χ0n) is 8.85. The lowest BCUT2D eigenvalue weighted by molar-refractivity contribution is -0.0500. The van der Waals surface area contributed by atoms with E-state index in [1.54, 1.807) is 0 Å². The van der Waals surface area contributed by atoms with E-state index in [0.717, 1.165) is 6.26 Å². The molecular formula is C8H7F3O6S. The Kier molecular flexibility index (Phi) is 3.89. The molecule has 18 heavy (non-hydrogen) atoms. The fraction of sp³-hybridized carbons (Fsp3) is 0.375. The molecule has 0 fully saturated rings. The molecule has 1 rings (SSSR count). The van der Waals surface area contributed by atoms with Crippen molar-refractivity contribution in [1.82, 2.24) is 0 Å². The summed E-state index contributed by atoms with van der Waals surface area (Å²) in [4.78, 5) is 11.2. The largest absolute Gasteiger partial charge is 0.534 e. The van der Waals surface area contributed by atoms with Gasteiger partial charge in [-0.1, -0.05) is 0 Å². The fourth-order valence-corrected chi connectivity index (χ4v) is 1.33. The van der Waals surface area contributed by atoms with Crippen LogP contribution in [0.15, 0.2) is 16.9 Å². The Hall–Kier alpha value is -1.71. The average Bonchev–Trinajstić information content (AvgIpc) is 2.63. The van der Waals surface area contributed by atoms with Crippen LogP contribution in [0, 0.1) is 0 Å². The molecule has 0 aliphatic rings. The molecule has 10 heteroatoms. The second kappa shape index (κ2) is 4.88. The first kappa shape index (κ1) is 14.4. The maximum Gasteiger partial charge on any atom is 0.534 e. The number of furan rings is 1. The molecule has 0 aliphatic carbocycles. The summed E-state index contributed by atoms with van der Waals surface area (Å²) in [7, 11) is -5.86. The fourth-order valence-electron chi connectivity index (χ4n) is 0.873. The van der Waals surface area contributed by atoms with Gasteiger partial charge in [-0.3, -0.25) is 0 Å². The molecule has 1 heterocycles. The van der Waals surface area contributed by atoms with Crippen LogP contribution in [0.4, 0.5) is 13.2 Å². The third kappa shape index (κ3) is 2.94. The van der Waals surface area contributed by atoms with Gasteiger partial charge >= 0.3 is 21.6 Å². The van der Waals surface area contributed by atoms with Crippen LogP contribution >= 0.6 is 0 Å². The number of esters is 1. The van der Waals surface area contributed by atoms with Gasteiger partial charge in [0.1, 0.15) is 18.1 Å². The minimum atomic E-state index is -5.86. The van der Waals surface area contributed by atoms with Gasteiger partial charge in [0.15, 0.2) is 5.75 Å². The molecule has 0 aromatic carbocycles. The van der Waals surface area contributed by atoms with Crippen LogP contribution in [-0.2, 0) is 14.9 Å². The third-order valence-corrected chi connectivity index (χ3v) is 2.57. The number of hydrogen-bond acceptors (Lipinski definition) is 6. The SMILES string of the molecule is CCOC(=O)c1cocc1OS(=O)(=O)C(F)(F)F. The third-order valence-electron chi connectivity index (χ3n) is 1.60. The van der Waals surface area contributed by atoms with Gasteiger partial charge in [0.05, 0.1) is 6.61 Å². The van der Waals surface area contributed by atoms with Crippen LogP contribution in [0.2, 0.25) is 0 Å². The highest BCUT2D eigenvalue weighted by molar-refractivity contribution is 7.88. The van der Waals surface area contributed by atoms with E-state index in [1.165, 1.54) is 6.92 Å². The van der Waals surface area contributed by atoms with Crippen molar-refractivity contribution in [1.29, 1.82) is 0 Å². The molecule has 0 saturated carbocycles. The molecule has 0 bridgehead atoms. The van der Waals surface area contributed by atoms with E-state index in [2.05, 4.69) is 13.3 Å². The predicted molar refractivity (Wildman–Crippen MR) is 50.3 cm³/mol. The maximum absolute atomic E-state index is 12.0. The lowest BCUT2D eigenvalue weighted by atomic mass is 10.3. The normalized spacial score (nSPS) is 12.2. The highest BCUT2D eigenvalue weighted by Gasteiger charge is 2.49. The van der Waals surface area contributed by atoms with Crippen LogP contribution in [0.1, 0.15) is 17.3 Å². The first-order chi connectivity index (χ1) is 8.19. The summed E-state index contributed by atoms with van der Waals surface area (Å²) < 4.78 is 70.2. The number of hydrogen-bond donors (Lipinski definition) is 0. The Morgan fingerprint density at radius 2 is 2.00 bits per heavy atom. The summed E-state index contributed by atoms with van der Waals surface area (Å²) in [6, 6.07) is 0. The number of halogens is 3. The van der Waals surface area contributed by atoms with Gasteiger partial charge < -0.3 is 13.3 Å². The van der Waals surface area contributed by atoms with E-state index < -0.39 is 32.9 Å². The topological polar surface area (TPSA) is 82.8 Å². The molecule has 6 nitrogen and oxygen atoms in total. The van der Waals surface area contributed by atoms with Gasteiger partial charge in [-0.25, -0.2) is 4.79 Å². The lowest BCUT2D eigenvalue weighted by Crippen LogP contribution is -2.28. The molecule has 0 amide bonds. The van der Waals surface area contributed by atoms with Crippen LogP contribution in [-0.4, -0.2) is 26.5 Å². The summed E-state index contributed by atoms with van der Waals surface area (Å²) >= 11 is 0. The van der Waals surface area contributed by atoms with Crippen molar-refractivity contribution < 1.29 is 39.7 Å². The van der Waals surface area contributed by atoms with E-state index in [9.17, 15) is 26.4 Å². The van der Waals surface area contributed by atoms with Crippen molar-refractivity contribution in [2.75, 3.05) is 6.61 Å². The molecule has 0 spiro atoms. The molecule has 0 saturated heterocycles. The molecule has 0 radical (unpaired) electrons. The molecular weight excluding hydrogens is 281 g/mol. The zero-order valence-corrected chi connectivity index (χ0v) is 9.67. The van der Waals surface area contributed by atoms with Crippen molar-refractivity contribution in [3.8, 4) is 5.75 Å². The molecule has 102 valence electrons. The minimum Gasteiger partial charge on any atom is -0.468 e. The van der Waals surface area contributed by atoms with E-state index in [0.29, 0.717) is 6.26 Å².